The molecule has 1 atom stereocenters. The molecule has 3 rings (SSSR count). The van der Waals surface area contributed by atoms with Crippen molar-refractivity contribution in [1.29, 1.82) is 0 Å². The summed E-state index contributed by atoms with van der Waals surface area (Å²) in [6.45, 7) is 3.83. The zero-order chi connectivity index (χ0) is 21.3. The smallest absolute Gasteiger partial charge is 0.258 e. The van der Waals surface area contributed by atoms with Gasteiger partial charge in [-0.15, -0.1) is 0 Å². The molecule has 0 aromatic heterocycles. The van der Waals surface area contributed by atoms with Crippen LogP contribution in [0.3, 0.4) is 0 Å². The van der Waals surface area contributed by atoms with Gasteiger partial charge in [0, 0.05) is 25.3 Å². The third-order valence-electron chi connectivity index (χ3n) is 5.37. The van der Waals surface area contributed by atoms with Crippen LogP contribution in [0, 0.1) is 0 Å². The molecular weight excluding hydrogens is 382 g/mol. The summed E-state index contributed by atoms with van der Waals surface area (Å²) in [6.07, 6.45) is 0. The Morgan fingerprint density at radius 1 is 1.10 bits per heavy atom. The van der Waals surface area contributed by atoms with E-state index in [1.54, 1.807) is 13.2 Å². The Morgan fingerprint density at radius 2 is 1.77 bits per heavy atom. The molecule has 162 valence electrons. The van der Waals surface area contributed by atoms with Gasteiger partial charge < -0.3 is 29.3 Å². The maximum Gasteiger partial charge on any atom is 0.258 e. The van der Waals surface area contributed by atoms with Crippen LogP contribution in [0.2, 0.25) is 0 Å². The van der Waals surface area contributed by atoms with Gasteiger partial charge in [0.05, 0.1) is 26.9 Å². The van der Waals surface area contributed by atoms with Gasteiger partial charge in [0.15, 0.2) is 18.1 Å². The average Bonchev–Trinajstić information content (AvgIpc) is 2.79. The van der Waals surface area contributed by atoms with E-state index in [9.17, 15) is 4.79 Å². The number of benzene rings is 2. The predicted octanol–water partition coefficient (Wildman–Crippen LogP) is 0.913. The molecule has 0 aliphatic carbocycles. The average molecular weight is 415 g/mol. The van der Waals surface area contributed by atoms with Crippen molar-refractivity contribution in [2.75, 3.05) is 65.6 Å². The molecule has 2 N–H and O–H groups in total. The largest absolute Gasteiger partial charge is 0.493 e. The van der Waals surface area contributed by atoms with Crippen molar-refractivity contribution in [2.24, 2.45) is 0 Å². The number of amides is 1. The van der Waals surface area contributed by atoms with Crippen LogP contribution in [0.4, 0.5) is 5.69 Å². The van der Waals surface area contributed by atoms with Crippen LogP contribution in [-0.2, 0) is 9.53 Å². The zero-order valence-corrected chi connectivity index (χ0v) is 18.0. The first-order chi connectivity index (χ1) is 14.6. The number of anilines is 1. The molecule has 1 saturated heterocycles. The summed E-state index contributed by atoms with van der Waals surface area (Å²) in [5.74, 6) is 1.02. The third kappa shape index (κ3) is 5.87. The van der Waals surface area contributed by atoms with E-state index in [0.717, 1.165) is 32.0 Å². The summed E-state index contributed by atoms with van der Waals surface area (Å²) in [6, 6.07) is 16.0. The number of hydrogen-bond donors (Lipinski definition) is 2. The van der Waals surface area contributed by atoms with Crippen molar-refractivity contribution < 1.29 is 23.9 Å². The number of carbonyl (C=O) groups is 1. The fourth-order valence-electron chi connectivity index (χ4n) is 3.63. The minimum Gasteiger partial charge on any atom is -0.493 e. The fraction of sp³-hybridized carbons (Fsp3) is 0.435. The number of hydrogen-bond acceptors (Lipinski definition) is 5. The van der Waals surface area contributed by atoms with Gasteiger partial charge in [0.25, 0.3) is 5.91 Å². The van der Waals surface area contributed by atoms with E-state index in [1.165, 1.54) is 10.5 Å². The lowest BCUT2D eigenvalue weighted by atomic mass is 10.0. The first-order valence-electron chi connectivity index (χ1n) is 10.3. The molecule has 1 aliphatic rings. The minimum absolute atomic E-state index is 0.0505. The van der Waals surface area contributed by atoms with Gasteiger partial charge in [-0.25, -0.2) is 0 Å². The van der Waals surface area contributed by atoms with Crippen LogP contribution in [0.15, 0.2) is 48.5 Å². The number of rotatable bonds is 9. The van der Waals surface area contributed by atoms with Crippen LogP contribution in [0.1, 0.15) is 11.6 Å². The normalized spacial score (nSPS) is 15.3. The van der Waals surface area contributed by atoms with Crippen molar-refractivity contribution in [3.63, 3.8) is 0 Å². The summed E-state index contributed by atoms with van der Waals surface area (Å²) >= 11 is 0. The predicted molar refractivity (Wildman–Crippen MR) is 117 cm³/mol. The molecule has 7 heteroatoms. The van der Waals surface area contributed by atoms with Crippen molar-refractivity contribution in [1.82, 2.24) is 5.32 Å². The molecule has 1 amide bonds. The second-order valence-corrected chi connectivity index (χ2v) is 7.55. The molecular formula is C23H32N3O4+. The highest BCUT2D eigenvalue weighted by Crippen LogP contribution is 2.25. The Kier molecular flexibility index (Phi) is 7.93. The van der Waals surface area contributed by atoms with E-state index in [0.29, 0.717) is 18.0 Å². The number of para-hydroxylation sites is 2. The van der Waals surface area contributed by atoms with Gasteiger partial charge >= 0.3 is 0 Å². The molecule has 2 aromatic rings. The summed E-state index contributed by atoms with van der Waals surface area (Å²) < 4.78 is 16.4. The fourth-order valence-corrected chi connectivity index (χ4v) is 3.63. The molecule has 1 heterocycles. The van der Waals surface area contributed by atoms with Crippen molar-refractivity contribution in [2.45, 2.75) is 6.04 Å². The molecule has 7 nitrogen and oxygen atoms in total. The molecule has 0 radical (unpaired) electrons. The Labute approximate surface area is 178 Å². The maximum absolute atomic E-state index is 12.5. The van der Waals surface area contributed by atoms with Crippen molar-refractivity contribution in [3.05, 3.63) is 54.1 Å². The highest BCUT2D eigenvalue weighted by atomic mass is 16.5. The summed E-state index contributed by atoms with van der Waals surface area (Å²) in [5.41, 5.74) is 2.37. The number of morpholine rings is 1. The second-order valence-electron chi connectivity index (χ2n) is 7.55. The molecule has 1 fully saturated rings. The Hall–Kier alpha value is -2.77. The van der Waals surface area contributed by atoms with E-state index in [1.807, 2.05) is 32.3 Å². The molecule has 1 aliphatic heterocycles. The molecule has 0 bridgehead atoms. The summed E-state index contributed by atoms with van der Waals surface area (Å²) in [7, 11) is 5.64. The SMILES string of the molecule is COc1ccccc1OCC(=O)NC[C@@H](c1ccc(N(C)C)cc1)[NH+]1CCOCC1. The Balaban J connectivity index is 1.62. The van der Waals surface area contributed by atoms with Gasteiger partial charge in [0.1, 0.15) is 19.1 Å². The number of methoxy groups -OCH3 is 1. The van der Waals surface area contributed by atoms with Crippen LogP contribution >= 0.6 is 0 Å². The highest BCUT2D eigenvalue weighted by Gasteiger charge is 2.27. The Bertz CT molecular complexity index is 804. The topological polar surface area (TPSA) is 64.5 Å². The highest BCUT2D eigenvalue weighted by molar-refractivity contribution is 5.77. The second kappa shape index (κ2) is 10.8. The van der Waals surface area contributed by atoms with Gasteiger partial charge in [-0.05, 0) is 24.3 Å². The van der Waals surface area contributed by atoms with Gasteiger partial charge in [0.2, 0.25) is 0 Å². The van der Waals surface area contributed by atoms with Gasteiger partial charge in [-0.1, -0.05) is 24.3 Å². The van der Waals surface area contributed by atoms with Gasteiger partial charge in [-0.2, -0.15) is 0 Å². The molecule has 2 aromatic carbocycles. The number of quaternary nitrogens is 1. The first kappa shape index (κ1) is 21.9. The lowest BCUT2D eigenvalue weighted by Crippen LogP contribution is -3.15. The lowest BCUT2D eigenvalue weighted by molar-refractivity contribution is -0.937. The summed E-state index contributed by atoms with van der Waals surface area (Å²) in [5, 5.41) is 3.05. The van der Waals surface area contributed by atoms with Crippen molar-refractivity contribution in [3.8, 4) is 11.5 Å². The lowest BCUT2D eigenvalue weighted by Gasteiger charge is -2.32. The van der Waals surface area contributed by atoms with E-state index in [-0.39, 0.29) is 18.6 Å². The molecule has 0 unspecified atom stereocenters. The van der Waals surface area contributed by atoms with E-state index in [2.05, 4.69) is 34.5 Å². The van der Waals surface area contributed by atoms with E-state index in [4.69, 9.17) is 14.2 Å². The van der Waals surface area contributed by atoms with E-state index < -0.39 is 0 Å². The number of nitrogens with zero attached hydrogens (tertiary/aromatic N) is 1. The molecule has 0 saturated carbocycles. The van der Waals surface area contributed by atoms with Crippen molar-refractivity contribution >= 4 is 11.6 Å². The monoisotopic (exact) mass is 414 g/mol. The number of carbonyl (C=O) groups excluding carboxylic acids is 1. The third-order valence-corrected chi connectivity index (χ3v) is 5.37. The first-order valence-corrected chi connectivity index (χ1v) is 10.3. The standard InChI is InChI=1S/C23H31N3O4/c1-25(2)19-10-8-18(9-11-19)20(26-12-14-29-15-13-26)16-24-23(27)17-30-22-7-5-4-6-21(22)28-3/h4-11,20H,12-17H2,1-3H3,(H,24,27)/p+1/t20-/m0/s1. The van der Waals surface area contributed by atoms with Gasteiger partial charge in [-0.3, -0.25) is 4.79 Å². The van der Waals surface area contributed by atoms with Crippen LogP contribution in [0.25, 0.3) is 0 Å². The van der Waals surface area contributed by atoms with Crippen LogP contribution in [0.5, 0.6) is 11.5 Å². The van der Waals surface area contributed by atoms with E-state index >= 15 is 0 Å². The zero-order valence-electron chi connectivity index (χ0n) is 18.0. The number of ether oxygens (including phenoxy) is 3. The van der Waals surface area contributed by atoms with Crippen LogP contribution < -0.4 is 24.6 Å². The molecule has 30 heavy (non-hydrogen) atoms. The number of nitrogens with one attached hydrogen (secondary N) is 2. The van der Waals surface area contributed by atoms with Crippen LogP contribution in [-0.4, -0.2) is 66.6 Å². The Morgan fingerprint density at radius 3 is 2.40 bits per heavy atom. The maximum atomic E-state index is 12.5. The summed E-state index contributed by atoms with van der Waals surface area (Å²) in [4.78, 5) is 16.0. The molecule has 0 spiro atoms. The minimum atomic E-state index is -0.150. The quantitative estimate of drug-likeness (QED) is 0.639.